The third kappa shape index (κ3) is 3.20. The van der Waals surface area contributed by atoms with Crippen molar-refractivity contribution in [3.05, 3.63) is 29.8 Å². The first-order chi connectivity index (χ1) is 8.15. The van der Waals surface area contributed by atoms with E-state index in [-0.39, 0.29) is 12.1 Å². The van der Waals surface area contributed by atoms with Crippen LogP contribution in [-0.2, 0) is 16.0 Å². The highest BCUT2D eigenvalue weighted by molar-refractivity contribution is 5.76. The van der Waals surface area contributed by atoms with Crippen LogP contribution in [0.1, 0.15) is 18.9 Å². The van der Waals surface area contributed by atoms with Crippen molar-refractivity contribution < 1.29 is 19.4 Å². The Bertz CT molecular complexity index is 383. The van der Waals surface area contributed by atoms with Crippen LogP contribution in [0.2, 0.25) is 0 Å². The number of carbonyl (C=O) groups is 1. The molecule has 92 valence electrons. The molecule has 2 atom stereocenters. The van der Waals surface area contributed by atoms with E-state index in [2.05, 4.69) is 0 Å². The Morgan fingerprint density at radius 3 is 2.71 bits per heavy atom. The first-order valence-corrected chi connectivity index (χ1v) is 5.75. The van der Waals surface area contributed by atoms with Gasteiger partial charge >= 0.3 is 5.97 Å². The Morgan fingerprint density at radius 1 is 1.47 bits per heavy atom. The minimum absolute atomic E-state index is 0.293. The van der Waals surface area contributed by atoms with Gasteiger partial charge in [0, 0.05) is 6.42 Å². The van der Waals surface area contributed by atoms with E-state index in [1.807, 2.05) is 24.3 Å². The van der Waals surface area contributed by atoms with E-state index in [0.29, 0.717) is 25.2 Å². The van der Waals surface area contributed by atoms with Crippen molar-refractivity contribution >= 4 is 5.97 Å². The van der Waals surface area contributed by atoms with Gasteiger partial charge in [0.1, 0.15) is 5.75 Å². The van der Waals surface area contributed by atoms with E-state index in [1.165, 1.54) is 0 Å². The Labute approximate surface area is 100 Å². The molecule has 1 heterocycles. The van der Waals surface area contributed by atoms with Gasteiger partial charge in [-0.15, -0.1) is 0 Å². The molecule has 1 aliphatic rings. The Hall–Kier alpha value is -1.55. The Balaban J connectivity index is 1.95. The maximum Gasteiger partial charge on any atom is 0.347 e. The molecule has 0 spiro atoms. The fraction of sp³-hybridized carbons (Fsp3) is 0.462. The third-order valence-electron chi connectivity index (χ3n) is 2.62. The highest BCUT2D eigenvalue weighted by Gasteiger charge is 2.28. The summed E-state index contributed by atoms with van der Waals surface area (Å²) < 4.78 is 10.3. The van der Waals surface area contributed by atoms with Crippen molar-refractivity contribution in [1.29, 1.82) is 0 Å². The van der Waals surface area contributed by atoms with Crippen LogP contribution in [0.5, 0.6) is 5.75 Å². The lowest BCUT2D eigenvalue weighted by Gasteiger charge is -2.10. The summed E-state index contributed by atoms with van der Waals surface area (Å²) in [5.41, 5.74) is 1.04. The van der Waals surface area contributed by atoms with Gasteiger partial charge in [-0.25, -0.2) is 4.79 Å². The number of benzene rings is 1. The number of hydrogen-bond donors (Lipinski definition) is 1. The molecular weight excluding hydrogens is 220 g/mol. The van der Waals surface area contributed by atoms with Crippen LogP contribution in [0.25, 0.3) is 0 Å². The van der Waals surface area contributed by atoms with Gasteiger partial charge in [0.05, 0.1) is 12.7 Å². The van der Waals surface area contributed by atoms with Gasteiger partial charge in [-0.2, -0.15) is 0 Å². The summed E-state index contributed by atoms with van der Waals surface area (Å²) in [4.78, 5) is 11.2. The van der Waals surface area contributed by atoms with Gasteiger partial charge in [-0.3, -0.25) is 0 Å². The van der Waals surface area contributed by atoms with Crippen LogP contribution in [-0.4, -0.2) is 29.9 Å². The molecule has 4 heteroatoms. The van der Waals surface area contributed by atoms with Crippen LogP contribution < -0.4 is 4.74 Å². The van der Waals surface area contributed by atoms with Gasteiger partial charge in [-0.1, -0.05) is 12.1 Å². The number of aliphatic hydroxyl groups excluding tert-OH is 1. The summed E-state index contributed by atoms with van der Waals surface area (Å²) in [6.07, 6.45) is 0.393. The molecule has 2 unspecified atom stereocenters. The van der Waals surface area contributed by atoms with E-state index in [9.17, 15) is 9.90 Å². The minimum Gasteiger partial charge on any atom is -0.479 e. The zero-order valence-electron chi connectivity index (χ0n) is 9.76. The fourth-order valence-electron chi connectivity index (χ4n) is 1.79. The molecule has 1 aromatic carbocycles. The van der Waals surface area contributed by atoms with Gasteiger partial charge in [0.2, 0.25) is 0 Å². The quantitative estimate of drug-likeness (QED) is 0.801. The first-order valence-electron chi connectivity index (χ1n) is 5.75. The van der Waals surface area contributed by atoms with Crippen molar-refractivity contribution in [2.75, 3.05) is 6.61 Å². The monoisotopic (exact) mass is 236 g/mol. The number of rotatable bonds is 4. The molecule has 0 aliphatic carbocycles. The molecule has 4 nitrogen and oxygen atoms in total. The summed E-state index contributed by atoms with van der Waals surface area (Å²) >= 11 is 0. The predicted octanol–water partition coefficient (Wildman–Crippen LogP) is 1.30. The van der Waals surface area contributed by atoms with Crippen LogP contribution in [0.4, 0.5) is 0 Å². The number of ether oxygens (including phenoxy) is 2. The molecule has 0 amide bonds. The summed E-state index contributed by atoms with van der Waals surface area (Å²) in [6.45, 7) is 2.18. The largest absolute Gasteiger partial charge is 0.479 e. The lowest BCUT2D eigenvalue weighted by molar-refractivity contribution is -0.143. The highest BCUT2D eigenvalue weighted by Crippen LogP contribution is 2.18. The maximum atomic E-state index is 11.2. The second kappa shape index (κ2) is 5.19. The van der Waals surface area contributed by atoms with Gasteiger partial charge in [0.25, 0.3) is 0 Å². The smallest absolute Gasteiger partial charge is 0.347 e. The number of esters is 1. The summed E-state index contributed by atoms with van der Waals surface area (Å²) in [7, 11) is 0. The van der Waals surface area contributed by atoms with Crippen molar-refractivity contribution in [3.8, 4) is 5.75 Å². The topological polar surface area (TPSA) is 55.8 Å². The van der Waals surface area contributed by atoms with Crippen molar-refractivity contribution in [1.82, 2.24) is 0 Å². The minimum atomic E-state index is -0.474. The average Bonchev–Trinajstić information content (AvgIpc) is 2.67. The number of hydrogen-bond acceptors (Lipinski definition) is 4. The van der Waals surface area contributed by atoms with Crippen molar-refractivity contribution in [2.45, 2.75) is 32.0 Å². The molecule has 0 bridgehead atoms. The first kappa shape index (κ1) is 11.9. The molecule has 1 fully saturated rings. The van der Waals surface area contributed by atoms with Gasteiger partial charge < -0.3 is 14.6 Å². The second-order valence-corrected chi connectivity index (χ2v) is 4.26. The standard InChI is InChI=1S/C13H16O4/c1-9(14)8-10-2-4-11(5-3-10)17-12-6-7-16-13(12)15/h2-5,9,12,14H,6-8H2,1H3. The van der Waals surface area contributed by atoms with Crippen LogP contribution >= 0.6 is 0 Å². The maximum absolute atomic E-state index is 11.2. The van der Waals surface area contributed by atoms with E-state index in [4.69, 9.17) is 9.47 Å². The van der Waals surface area contributed by atoms with Crippen LogP contribution in [0.3, 0.4) is 0 Å². The molecule has 17 heavy (non-hydrogen) atoms. The predicted molar refractivity (Wildman–Crippen MR) is 61.8 cm³/mol. The molecule has 1 saturated heterocycles. The molecule has 1 aliphatic heterocycles. The Morgan fingerprint density at radius 2 is 2.18 bits per heavy atom. The molecule has 2 rings (SSSR count). The zero-order valence-corrected chi connectivity index (χ0v) is 9.76. The molecule has 0 radical (unpaired) electrons. The zero-order chi connectivity index (χ0) is 12.3. The molecule has 0 saturated carbocycles. The van der Waals surface area contributed by atoms with E-state index in [1.54, 1.807) is 6.92 Å². The Kier molecular flexibility index (Phi) is 3.64. The van der Waals surface area contributed by atoms with Crippen molar-refractivity contribution in [3.63, 3.8) is 0 Å². The number of cyclic esters (lactones) is 1. The van der Waals surface area contributed by atoms with E-state index < -0.39 is 6.10 Å². The normalized spacial score (nSPS) is 21.1. The second-order valence-electron chi connectivity index (χ2n) is 4.26. The summed E-state index contributed by atoms with van der Waals surface area (Å²) in [5.74, 6) is 0.362. The highest BCUT2D eigenvalue weighted by atomic mass is 16.6. The SMILES string of the molecule is CC(O)Cc1ccc(OC2CCOC2=O)cc1. The molecule has 1 aromatic rings. The summed E-state index contributed by atoms with van der Waals surface area (Å²) in [6, 6.07) is 7.40. The molecule has 1 N–H and O–H groups in total. The number of aliphatic hydroxyl groups is 1. The lowest BCUT2D eigenvalue weighted by atomic mass is 10.1. The lowest BCUT2D eigenvalue weighted by Crippen LogP contribution is -2.21. The third-order valence-corrected chi connectivity index (χ3v) is 2.62. The van der Waals surface area contributed by atoms with Gasteiger partial charge in [0.15, 0.2) is 6.10 Å². The number of carbonyl (C=O) groups excluding carboxylic acids is 1. The van der Waals surface area contributed by atoms with Crippen LogP contribution in [0, 0.1) is 0 Å². The van der Waals surface area contributed by atoms with Gasteiger partial charge in [-0.05, 0) is 31.0 Å². The molecular formula is C13H16O4. The van der Waals surface area contributed by atoms with E-state index in [0.717, 1.165) is 5.56 Å². The fourth-order valence-corrected chi connectivity index (χ4v) is 1.79. The summed E-state index contributed by atoms with van der Waals surface area (Å²) in [5, 5.41) is 9.25. The average molecular weight is 236 g/mol. The van der Waals surface area contributed by atoms with E-state index >= 15 is 0 Å². The van der Waals surface area contributed by atoms with Crippen LogP contribution in [0.15, 0.2) is 24.3 Å². The molecule has 0 aromatic heterocycles. The van der Waals surface area contributed by atoms with Crippen molar-refractivity contribution in [2.24, 2.45) is 0 Å².